The fourth-order valence-electron chi connectivity index (χ4n) is 2.42. The third kappa shape index (κ3) is 7.44. The normalized spacial score (nSPS) is 10.6. The second kappa shape index (κ2) is 13.0. The van der Waals surface area contributed by atoms with Crippen molar-refractivity contribution in [2.45, 2.75) is 0 Å². The van der Waals surface area contributed by atoms with Crippen LogP contribution >= 0.6 is 7.82 Å². The van der Waals surface area contributed by atoms with Crippen LogP contribution in [0, 0.1) is 5.82 Å². The zero-order chi connectivity index (χ0) is 20.9. The molecule has 0 bridgehead atoms. The number of methoxy groups -OCH3 is 4. The van der Waals surface area contributed by atoms with Crippen LogP contribution in [0.2, 0.25) is 0 Å². The largest absolute Gasteiger partial charge is 1.00 e. The number of phosphoric acid groups is 1. The second-order valence-corrected chi connectivity index (χ2v) is 6.41. The van der Waals surface area contributed by atoms with Gasteiger partial charge in [-0.2, -0.15) is 0 Å². The Morgan fingerprint density at radius 3 is 1.80 bits per heavy atom. The molecule has 0 aliphatic rings. The van der Waals surface area contributed by atoms with Crippen LogP contribution < -0.4 is 92.4 Å². The molecule has 0 saturated carbocycles. The predicted molar refractivity (Wildman–Crippen MR) is 96.2 cm³/mol. The fourth-order valence-corrected chi connectivity index (χ4v) is 2.82. The van der Waals surface area contributed by atoms with Crippen molar-refractivity contribution in [1.82, 2.24) is 0 Å². The molecule has 12 heteroatoms. The van der Waals surface area contributed by atoms with E-state index in [0.29, 0.717) is 22.8 Å². The van der Waals surface area contributed by atoms with Crippen LogP contribution in [0.3, 0.4) is 0 Å². The Labute approximate surface area is 218 Å². The minimum Gasteiger partial charge on any atom is -0.780 e. The maximum Gasteiger partial charge on any atom is 1.00 e. The van der Waals surface area contributed by atoms with Crippen LogP contribution in [0.15, 0.2) is 24.3 Å². The summed E-state index contributed by atoms with van der Waals surface area (Å²) in [6.45, 7) is 0. The molecular formula is C18H18FNa2O8P. The maximum absolute atomic E-state index is 14.6. The van der Waals surface area contributed by atoms with Gasteiger partial charge in [0.2, 0.25) is 11.5 Å². The summed E-state index contributed by atoms with van der Waals surface area (Å²) in [7, 11) is 0.102. The molecule has 0 spiro atoms. The summed E-state index contributed by atoms with van der Waals surface area (Å²) in [5, 5.41) is 0. The molecule has 0 aromatic heterocycles. The van der Waals surface area contributed by atoms with Crippen LogP contribution in [0.4, 0.5) is 4.39 Å². The molecule has 0 atom stereocenters. The Bertz CT molecular complexity index is 908. The van der Waals surface area contributed by atoms with Gasteiger partial charge in [-0.1, -0.05) is 12.2 Å². The van der Waals surface area contributed by atoms with Gasteiger partial charge in [-0.3, -0.25) is 0 Å². The number of halogens is 1. The third-order valence-electron chi connectivity index (χ3n) is 3.66. The molecule has 0 fully saturated rings. The van der Waals surface area contributed by atoms with Crippen molar-refractivity contribution in [3.8, 4) is 28.7 Å². The van der Waals surface area contributed by atoms with Gasteiger partial charge in [-0.05, 0) is 29.8 Å². The molecule has 2 rings (SSSR count). The second-order valence-electron chi connectivity index (χ2n) is 5.33. The summed E-state index contributed by atoms with van der Waals surface area (Å²) in [4.78, 5) is 21.8. The minimum atomic E-state index is -5.47. The van der Waals surface area contributed by atoms with E-state index in [-0.39, 0.29) is 70.4 Å². The first-order chi connectivity index (χ1) is 13.2. The maximum atomic E-state index is 14.6. The summed E-state index contributed by atoms with van der Waals surface area (Å²) in [6.07, 6.45) is 2.90. The monoisotopic (exact) mass is 458 g/mol. The Balaban J connectivity index is 0.00000420. The Morgan fingerprint density at radius 1 is 0.833 bits per heavy atom. The van der Waals surface area contributed by atoms with E-state index in [9.17, 15) is 18.7 Å². The SMILES string of the molecule is COc1cc(/C=C\c2ccc(OC)c(OP(=O)([O-])[O-])c2F)cc(OC)c1OC.[Na+].[Na+]. The first-order valence-electron chi connectivity index (χ1n) is 7.80. The first-order valence-corrected chi connectivity index (χ1v) is 9.26. The van der Waals surface area contributed by atoms with Gasteiger partial charge in [-0.15, -0.1) is 0 Å². The van der Waals surface area contributed by atoms with Gasteiger partial charge in [0.1, 0.15) is 7.82 Å². The molecule has 0 saturated heterocycles. The van der Waals surface area contributed by atoms with Crippen molar-refractivity contribution >= 4 is 20.0 Å². The van der Waals surface area contributed by atoms with Crippen LogP contribution in [-0.4, -0.2) is 28.4 Å². The average Bonchev–Trinajstić information content (AvgIpc) is 2.66. The number of rotatable bonds is 8. The van der Waals surface area contributed by atoms with E-state index in [4.69, 9.17) is 18.9 Å². The van der Waals surface area contributed by atoms with E-state index in [1.807, 2.05) is 0 Å². The van der Waals surface area contributed by atoms with Gasteiger partial charge in [0.05, 0.1) is 28.4 Å². The van der Waals surface area contributed by atoms with Crippen LogP contribution in [0.25, 0.3) is 12.2 Å². The molecule has 0 radical (unpaired) electrons. The smallest absolute Gasteiger partial charge is 0.780 e. The topological polar surface area (TPSA) is 109 Å². The van der Waals surface area contributed by atoms with E-state index in [0.717, 1.165) is 0 Å². The van der Waals surface area contributed by atoms with Gasteiger partial charge in [0.15, 0.2) is 23.1 Å². The predicted octanol–water partition coefficient (Wildman–Crippen LogP) is -3.75. The number of benzene rings is 2. The molecular weight excluding hydrogens is 440 g/mol. The van der Waals surface area contributed by atoms with Crippen molar-refractivity contribution in [3.05, 3.63) is 41.2 Å². The molecule has 152 valence electrons. The van der Waals surface area contributed by atoms with E-state index in [1.54, 1.807) is 12.1 Å². The number of hydrogen-bond donors (Lipinski definition) is 0. The zero-order valence-corrected chi connectivity index (χ0v) is 22.4. The van der Waals surface area contributed by atoms with Gasteiger partial charge in [-0.25, -0.2) is 4.39 Å². The van der Waals surface area contributed by atoms with Gasteiger partial charge >= 0.3 is 59.1 Å². The van der Waals surface area contributed by atoms with Crippen molar-refractivity contribution in [2.24, 2.45) is 0 Å². The molecule has 0 heterocycles. The number of phosphoric ester groups is 1. The van der Waals surface area contributed by atoms with Crippen molar-refractivity contribution < 1.29 is 101 Å². The Kier molecular flexibility index (Phi) is 12.6. The molecule has 8 nitrogen and oxygen atoms in total. The Morgan fingerprint density at radius 2 is 1.37 bits per heavy atom. The van der Waals surface area contributed by atoms with E-state index in [2.05, 4.69) is 4.52 Å². The summed E-state index contributed by atoms with van der Waals surface area (Å²) >= 11 is 0. The van der Waals surface area contributed by atoms with Gasteiger partial charge < -0.3 is 37.8 Å². The zero-order valence-electron chi connectivity index (χ0n) is 17.6. The fraction of sp³-hybridized carbons (Fsp3) is 0.222. The average molecular weight is 458 g/mol. The molecule has 0 aliphatic carbocycles. The minimum absolute atomic E-state index is 0. The van der Waals surface area contributed by atoms with Crippen molar-refractivity contribution in [2.75, 3.05) is 28.4 Å². The van der Waals surface area contributed by atoms with Crippen LogP contribution in [0.5, 0.6) is 28.7 Å². The molecule has 0 N–H and O–H groups in total. The number of ether oxygens (including phenoxy) is 4. The summed E-state index contributed by atoms with van der Waals surface area (Å²) in [6, 6.07) is 5.90. The Hall–Kier alpha value is -0.740. The van der Waals surface area contributed by atoms with Crippen LogP contribution in [0.1, 0.15) is 11.1 Å². The van der Waals surface area contributed by atoms with E-state index < -0.39 is 19.4 Å². The van der Waals surface area contributed by atoms with Crippen molar-refractivity contribution in [1.29, 1.82) is 0 Å². The summed E-state index contributed by atoms with van der Waals surface area (Å²) < 4.78 is 50.3. The molecule has 2 aromatic carbocycles. The van der Waals surface area contributed by atoms with E-state index in [1.165, 1.54) is 52.7 Å². The molecule has 0 aliphatic heterocycles. The van der Waals surface area contributed by atoms with E-state index >= 15 is 0 Å². The van der Waals surface area contributed by atoms with Crippen LogP contribution in [-0.2, 0) is 4.57 Å². The molecule has 0 amide bonds. The molecule has 0 unspecified atom stereocenters. The van der Waals surface area contributed by atoms with Crippen molar-refractivity contribution in [3.63, 3.8) is 0 Å². The summed E-state index contributed by atoms with van der Waals surface area (Å²) in [5.41, 5.74) is 0.559. The van der Waals surface area contributed by atoms with Gasteiger partial charge in [0.25, 0.3) is 0 Å². The molecule has 30 heavy (non-hydrogen) atoms. The standard InChI is InChI=1S/C18H20FO8P.2Na/c1-23-13-8-7-12(16(19)18(13)27-28(20,21)22)6-5-11-9-14(24-2)17(26-4)15(10-11)25-3;;/h5-10H,1-4H3,(H2,20,21,22);;/q;2*+1/p-2/b6-5-;;. The van der Waals surface area contributed by atoms with Gasteiger partial charge in [0, 0.05) is 5.56 Å². The molecule has 2 aromatic rings. The third-order valence-corrected chi connectivity index (χ3v) is 4.06. The number of hydrogen-bond acceptors (Lipinski definition) is 8. The quantitative estimate of drug-likeness (QED) is 0.226. The first kappa shape index (κ1) is 29.3. The summed E-state index contributed by atoms with van der Waals surface area (Å²) in [5.74, 6) is -0.888.